The third-order valence-electron chi connectivity index (χ3n) is 3.94. The predicted molar refractivity (Wildman–Crippen MR) is 82.4 cm³/mol. The number of aliphatic hydroxyl groups excluding tert-OH is 2. The molecule has 0 amide bonds. The Labute approximate surface area is 143 Å². The summed E-state index contributed by atoms with van der Waals surface area (Å²) in [6.45, 7) is 2.59. The third-order valence-corrected chi connectivity index (χ3v) is 3.94. The molecular weight excluding hydrogens is 336 g/mol. The van der Waals surface area contributed by atoms with Crippen LogP contribution in [0.3, 0.4) is 0 Å². The quantitative estimate of drug-likeness (QED) is 0.470. The van der Waals surface area contributed by atoms with Crippen LogP contribution in [-0.2, 0) is 32.6 Å². The first-order chi connectivity index (χ1) is 11.7. The van der Waals surface area contributed by atoms with E-state index in [1.54, 1.807) is 6.33 Å². The number of carboxylic acid groups (broad SMARTS) is 2. The molecule has 0 saturated carbocycles. The van der Waals surface area contributed by atoms with E-state index >= 15 is 0 Å². The van der Waals surface area contributed by atoms with Gasteiger partial charge in [0.25, 0.3) is 0 Å². The molecule has 140 valence electrons. The van der Waals surface area contributed by atoms with Crippen LogP contribution in [0.5, 0.6) is 0 Å². The number of aliphatic carboxylic acids is 2. The number of hydrogen-bond donors (Lipinski definition) is 4. The van der Waals surface area contributed by atoms with Crippen LogP contribution in [0.15, 0.2) is 12.5 Å². The Balaban J connectivity index is 0.000000275. The summed E-state index contributed by atoms with van der Waals surface area (Å²) >= 11 is 0. The minimum atomic E-state index is -2.27. The second-order valence-electron chi connectivity index (χ2n) is 5.67. The maximum atomic E-state index is 11.4. The Hall–Kier alpha value is -2.46. The number of imidazole rings is 1. The second kappa shape index (κ2) is 9.14. The van der Waals surface area contributed by atoms with Gasteiger partial charge in [-0.3, -0.25) is 4.79 Å². The summed E-state index contributed by atoms with van der Waals surface area (Å²) in [4.78, 5) is 35.0. The van der Waals surface area contributed by atoms with Gasteiger partial charge in [-0.05, 0) is 12.8 Å². The highest BCUT2D eigenvalue weighted by atomic mass is 16.5. The van der Waals surface area contributed by atoms with E-state index in [0.29, 0.717) is 12.5 Å². The molecule has 0 bridgehead atoms. The fraction of sp³-hybridized carbons (Fsp3) is 0.600. The SMILES string of the molecule is CC[C@@H]1C(=O)OC[C@@H]1Cc1cncn1C.O=C(O)C(O)C(O)C(=O)O. The Bertz CT molecular complexity index is 596. The molecule has 1 aliphatic rings. The molecule has 0 aromatic carbocycles. The topological polar surface area (TPSA) is 159 Å². The van der Waals surface area contributed by atoms with Crippen molar-refractivity contribution in [1.82, 2.24) is 9.55 Å². The van der Waals surface area contributed by atoms with Crippen LogP contribution < -0.4 is 0 Å². The molecule has 4 atom stereocenters. The first kappa shape index (κ1) is 20.6. The molecule has 1 aliphatic heterocycles. The van der Waals surface area contributed by atoms with Gasteiger partial charge in [0.2, 0.25) is 0 Å². The smallest absolute Gasteiger partial charge is 0.335 e. The van der Waals surface area contributed by atoms with Crippen molar-refractivity contribution < 1.29 is 39.5 Å². The highest BCUT2D eigenvalue weighted by Gasteiger charge is 2.35. The molecule has 2 unspecified atom stereocenters. The second-order valence-corrected chi connectivity index (χ2v) is 5.67. The van der Waals surface area contributed by atoms with Crippen molar-refractivity contribution in [1.29, 1.82) is 0 Å². The molecule has 1 aromatic heterocycles. The lowest BCUT2D eigenvalue weighted by Crippen LogP contribution is -2.39. The third kappa shape index (κ3) is 5.54. The molecule has 10 heteroatoms. The Morgan fingerprint density at radius 2 is 1.88 bits per heavy atom. The van der Waals surface area contributed by atoms with Crippen LogP contribution in [0, 0.1) is 11.8 Å². The van der Waals surface area contributed by atoms with Crippen molar-refractivity contribution in [2.75, 3.05) is 6.61 Å². The Morgan fingerprint density at radius 1 is 1.32 bits per heavy atom. The van der Waals surface area contributed by atoms with Crippen LogP contribution in [0.1, 0.15) is 19.0 Å². The summed E-state index contributed by atoms with van der Waals surface area (Å²) in [5.74, 6) is -3.19. The fourth-order valence-corrected chi connectivity index (χ4v) is 2.43. The maximum Gasteiger partial charge on any atom is 0.335 e. The number of nitrogens with zero attached hydrogens (tertiary/aromatic N) is 2. The van der Waals surface area contributed by atoms with Gasteiger partial charge in [0.15, 0.2) is 12.2 Å². The number of carbonyl (C=O) groups is 3. The molecule has 4 N–H and O–H groups in total. The molecule has 1 saturated heterocycles. The number of aliphatic hydroxyl groups is 2. The molecule has 0 radical (unpaired) electrons. The highest BCUT2D eigenvalue weighted by Crippen LogP contribution is 2.27. The average molecular weight is 358 g/mol. The van der Waals surface area contributed by atoms with E-state index in [2.05, 4.69) is 4.98 Å². The highest BCUT2D eigenvalue weighted by molar-refractivity contribution is 5.83. The molecular formula is C15H22N2O8. The number of cyclic esters (lactones) is 1. The lowest BCUT2D eigenvalue weighted by Gasteiger charge is -2.12. The number of ether oxygens (including phenoxy) is 1. The molecule has 2 rings (SSSR count). The molecule has 1 fully saturated rings. The summed E-state index contributed by atoms with van der Waals surface area (Å²) in [5, 5.41) is 32.5. The molecule has 0 aliphatic carbocycles. The normalized spacial score (nSPS) is 21.7. The van der Waals surface area contributed by atoms with Crippen molar-refractivity contribution >= 4 is 17.9 Å². The van der Waals surface area contributed by atoms with Gasteiger partial charge in [-0.1, -0.05) is 6.92 Å². The number of esters is 1. The van der Waals surface area contributed by atoms with Crippen LogP contribution >= 0.6 is 0 Å². The van der Waals surface area contributed by atoms with Gasteiger partial charge in [0.05, 0.1) is 18.9 Å². The van der Waals surface area contributed by atoms with E-state index in [0.717, 1.165) is 18.5 Å². The van der Waals surface area contributed by atoms with Crippen LogP contribution in [0.25, 0.3) is 0 Å². The molecule has 10 nitrogen and oxygen atoms in total. The zero-order valence-corrected chi connectivity index (χ0v) is 13.9. The van der Waals surface area contributed by atoms with E-state index in [-0.39, 0.29) is 11.9 Å². The van der Waals surface area contributed by atoms with E-state index in [1.807, 2.05) is 24.7 Å². The molecule has 0 spiro atoms. The summed E-state index contributed by atoms with van der Waals surface area (Å²) in [6, 6.07) is 0. The first-order valence-corrected chi connectivity index (χ1v) is 7.62. The minimum absolute atomic E-state index is 0.0373. The van der Waals surface area contributed by atoms with Gasteiger partial charge >= 0.3 is 17.9 Å². The number of carboxylic acids is 2. The van der Waals surface area contributed by atoms with Crippen molar-refractivity contribution in [3.8, 4) is 0 Å². The van der Waals surface area contributed by atoms with Gasteiger partial charge in [-0.2, -0.15) is 0 Å². The first-order valence-electron chi connectivity index (χ1n) is 7.62. The number of rotatable bonds is 6. The summed E-state index contributed by atoms with van der Waals surface area (Å²) in [7, 11) is 1.97. The number of hydrogen-bond acceptors (Lipinski definition) is 7. The van der Waals surface area contributed by atoms with E-state index in [4.69, 9.17) is 25.2 Å². The van der Waals surface area contributed by atoms with Crippen LogP contribution in [0.2, 0.25) is 0 Å². The van der Waals surface area contributed by atoms with Crippen LogP contribution in [0.4, 0.5) is 0 Å². The van der Waals surface area contributed by atoms with E-state index < -0.39 is 24.1 Å². The van der Waals surface area contributed by atoms with Crippen LogP contribution in [-0.4, -0.2) is 66.7 Å². The minimum Gasteiger partial charge on any atom is -0.479 e. The summed E-state index contributed by atoms with van der Waals surface area (Å²) in [5.41, 5.74) is 1.16. The van der Waals surface area contributed by atoms with Crippen molar-refractivity contribution in [2.45, 2.75) is 32.0 Å². The average Bonchev–Trinajstić information content (AvgIpc) is 3.12. The van der Waals surface area contributed by atoms with Crippen molar-refractivity contribution in [3.05, 3.63) is 18.2 Å². The van der Waals surface area contributed by atoms with E-state index in [1.165, 1.54) is 0 Å². The zero-order valence-electron chi connectivity index (χ0n) is 13.9. The van der Waals surface area contributed by atoms with Gasteiger partial charge in [0.1, 0.15) is 0 Å². The summed E-state index contributed by atoms with van der Waals surface area (Å²) in [6.07, 6.45) is 0.848. The maximum absolute atomic E-state index is 11.4. The van der Waals surface area contributed by atoms with E-state index in [9.17, 15) is 14.4 Å². The number of aromatic nitrogens is 2. The van der Waals surface area contributed by atoms with Gasteiger partial charge in [-0.25, -0.2) is 14.6 Å². The van der Waals surface area contributed by atoms with Crippen molar-refractivity contribution in [3.63, 3.8) is 0 Å². The molecule has 25 heavy (non-hydrogen) atoms. The monoisotopic (exact) mass is 358 g/mol. The molecule has 1 aromatic rings. The summed E-state index contributed by atoms with van der Waals surface area (Å²) < 4.78 is 7.08. The predicted octanol–water partition coefficient (Wildman–Crippen LogP) is -0.961. The van der Waals surface area contributed by atoms with Gasteiger partial charge in [0, 0.05) is 24.9 Å². The Kier molecular flexibility index (Phi) is 7.52. The van der Waals surface area contributed by atoms with Gasteiger partial charge in [-0.15, -0.1) is 0 Å². The van der Waals surface area contributed by atoms with Gasteiger partial charge < -0.3 is 29.7 Å². The largest absolute Gasteiger partial charge is 0.479 e. The number of aryl methyl sites for hydroxylation is 1. The number of carbonyl (C=O) groups excluding carboxylic acids is 1. The Morgan fingerprint density at radius 3 is 2.28 bits per heavy atom. The lowest BCUT2D eigenvalue weighted by atomic mass is 9.89. The zero-order chi connectivity index (χ0) is 19.1. The lowest BCUT2D eigenvalue weighted by molar-refractivity contribution is -0.165. The van der Waals surface area contributed by atoms with Crippen molar-refractivity contribution in [2.24, 2.45) is 18.9 Å². The fourth-order valence-electron chi connectivity index (χ4n) is 2.43. The molecule has 2 heterocycles. The standard InChI is InChI=1S/C11H16N2O2.C4H6O6/c1-3-10-8(6-15-11(10)14)4-9-5-12-7-13(9)2;5-1(3(7)8)2(6)4(9)10/h5,7-8,10H,3-4,6H2,1-2H3;1-2,5-6H,(H,7,8)(H,9,10)/t8-,10-;/m0./s1.